The third kappa shape index (κ3) is 4.52. The van der Waals surface area contributed by atoms with Crippen LogP contribution in [-0.4, -0.2) is 52.3 Å². The number of amides is 2. The Labute approximate surface area is 107 Å². The van der Waals surface area contributed by atoms with Gasteiger partial charge in [0.1, 0.15) is 0 Å². The summed E-state index contributed by atoms with van der Waals surface area (Å²) in [5, 5.41) is 20.9. The number of urea groups is 1. The fourth-order valence-corrected chi connectivity index (χ4v) is 1.96. The van der Waals surface area contributed by atoms with E-state index in [1.807, 2.05) is 13.8 Å². The molecule has 0 aliphatic carbocycles. The molecule has 2 amide bonds. The zero-order chi connectivity index (χ0) is 13.7. The van der Waals surface area contributed by atoms with Gasteiger partial charge in [0.2, 0.25) is 0 Å². The number of nitrogens with one attached hydrogen (secondary N) is 1. The van der Waals surface area contributed by atoms with Crippen molar-refractivity contribution in [1.29, 1.82) is 0 Å². The second kappa shape index (κ2) is 6.58. The van der Waals surface area contributed by atoms with Gasteiger partial charge in [-0.05, 0) is 18.8 Å². The summed E-state index contributed by atoms with van der Waals surface area (Å²) in [6.07, 6.45) is 0.769. The average Bonchev–Trinajstić information content (AvgIpc) is 2.28. The molecule has 0 radical (unpaired) electrons. The van der Waals surface area contributed by atoms with Crippen LogP contribution >= 0.6 is 0 Å². The molecular formula is C12H22N2O4. The van der Waals surface area contributed by atoms with E-state index in [9.17, 15) is 14.7 Å². The number of rotatable bonds is 4. The van der Waals surface area contributed by atoms with Gasteiger partial charge >= 0.3 is 12.0 Å². The maximum Gasteiger partial charge on any atom is 0.317 e. The Kier molecular flexibility index (Phi) is 5.40. The Balaban J connectivity index is 2.48. The minimum atomic E-state index is -0.914. The van der Waals surface area contributed by atoms with E-state index in [0.29, 0.717) is 25.9 Å². The third-order valence-corrected chi connectivity index (χ3v) is 3.26. The molecule has 3 N–H and O–H groups in total. The van der Waals surface area contributed by atoms with E-state index >= 15 is 0 Å². The van der Waals surface area contributed by atoms with Crippen molar-refractivity contribution in [3.05, 3.63) is 0 Å². The van der Waals surface area contributed by atoms with Gasteiger partial charge in [0.05, 0.1) is 12.5 Å². The predicted octanol–water partition coefficient (Wildman–Crippen LogP) is 0.652. The molecule has 0 saturated carbocycles. The van der Waals surface area contributed by atoms with Crippen LogP contribution in [0, 0.1) is 5.92 Å². The van der Waals surface area contributed by atoms with Crippen molar-refractivity contribution in [1.82, 2.24) is 10.2 Å². The highest BCUT2D eigenvalue weighted by Crippen LogP contribution is 2.12. The normalized spacial score (nSPS) is 18.8. The number of likely N-dealkylation sites (tertiary alicyclic amines) is 1. The van der Waals surface area contributed by atoms with Gasteiger partial charge in [-0.15, -0.1) is 0 Å². The molecule has 0 spiro atoms. The molecule has 0 bridgehead atoms. The van der Waals surface area contributed by atoms with Crippen LogP contribution in [0.2, 0.25) is 0 Å². The molecule has 18 heavy (non-hydrogen) atoms. The summed E-state index contributed by atoms with van der Waals surface area (Å²) in [5.41, 5.74) is 0. The van der Waals surface area contributed by atoms with E-state index in [1.54, 1.807) is 4.90 Å². The molecule has 0 aromatic carbocycles. The highest BCUT2D eigenvalue weighted by molar-refractivity contribution is 5.76. The van der Waals surface area contributed by atoms with Crippen LogP contribution < -0.4 is 5.32 Å². The topological polar surface area (TPSA) is 89.9 Å². The molecule has 1 saturated heterocycles. The first-order valence-electron chi connectivity index (χ1n) is 6.35. The van der Waals surface area contributed by atoms with E-state index in [-0.39, 0.29) is 30.5 Å². The van der Waals surface area contributed by atoms with Crippen molar-refractivity contribution < 1.29 is 19.8 Å². The first-order chi connectivity index (χ1) is 8.40. The molecule has 104 valence electrons. The van der Waals surface area contributed by atoms with E-state index in [2.05, 4.69) is 5.32 Å². The lowest BCUT2D eigenvalue weighted by Crippen LogP contribution is -2.50. The summed E-state index contributed by atoms with van der Waals surface area (Å²) >= 11 is 0. The molecule has 6 nitrogen and oxygen atoms in total. The van der Waals surface area contributed by atoms with E-state index in [1.165, 1.54) is 0 Å². The van der Waals surface area contributed by atoms with Gasteiger partial charge in [0, 0.05) is 19.1 Å². The van der Waals surface area contributed by atoms with Crippen molar-refractivity contribution >= 4 is 12.0 Å². The van der Waals surface area contributed by atoms with Gasteiger partial charge in [-0.2, -0.15) is 0 Å². The van der Waals surface area contributed by atoms with E-state index in [4.69, 9.17) is 5.11 Å². The summed E-state index contributed by atoms with van der Waals surface area (Å²) in [6, 6.07) is -0.594. The first-order valence-corrected chi connectivity index (χ1v) is 6.35. The molecule has 1 rings (SSSR count). The smallest absolute Gasteiger partial charge is 0.317 e. The van der Waals surface area contributed by atoms with Gasteiger partial charge in [0.15, 0.2) is 0 Å². The van der Waals surface area contributed by atoms with Gasteiger partial charge in [0.25, 0.3) is 0 Å². The number of carboxylic acids is 1. The monoisotopic (exact) mass is 258 g/mol. The second-order valence-electron chi connectivity index (χ2n) is 5.12. The van der Waals surface area contributed by atoms with Crippen LogP contribution in [0.3, 0.4) is 0 Å². The highest BCUT2D eigenvalue weighted by atomic mass is 16.4. The van der Waals surface area contributed by atoms with Crippen molar-refractivity contribution in [2.24, 2.45) is 5.92 Å². The molecule has 1 heterocycles. The minimum Gasteiger partial charge on any atom is -0.481 e. The van der Waals surface area contributed by atoms with Crippen LogP contribution in [0.5, 0.6) is 0 Å². The number of carboxylic acid groups (broad SMARTS) is 1. The lowest BCUT2D eigenvalue weighted by molar-refractivity contribution is -0.137. The number of carbonyl (C=O) groups is 2. The minimum absolute atomic E-state index is 0.0696. The van der Waals surface area contributed by atoms with Crippen LogP contribution in [0.25, 0.3) is 0 Å². The summed E-state index contributed by atoms with van der Waals surface area (Å²) in [4.78, 5) is 24.3. The average molecular weight is 258 g/mol. The molecule has 1 fully saturated rings. The molecule has 1 unspecified atom stereocenters. The zero-order valence-corrected chi connectivity index (χ0v) is 10.9. The predicted molar refractivity (Wildman–Crippen MR) is 66.2 cm³/mol. The van der Waals surface area contributed by atoms with Gasteiger partial charge in [-0.25, -0.2) is 4.79 Å². The van der Waals surface area contributed by atoms with Gasteiger partial charge < -0.3 is 20.4 Å². The Bertz CT molecular complexity index is 298. The van der Waals surface area contributed by atoms with Crippen molar-refractivity contribution in [2.45, 2.75) is 45.3 Å². The molecule has 1 atom stereocenters. The van der Waals surface area contributed by atoms with Crippen LogP contribution in [0.4, 0.5) is 4.79 Å². The zero-order valence-electron chi connectivity index (χ0n) is 10.9. The standard InChI is InChI=1S/C12H22N2O4/c1-8(2)10(7-11(16)17)13-12(18)14-5-3-9(15)4-6-14/h8-10,15H,3-7H2,1-2H3,(H,13,18)(H,16,17). The number of hydrogen-bond donors (Lipinski definition) is 3. The number of piperidine rings is 1. The lowest BCUT2D eigenvalue weighted by Gasteiger charge is -2.32. The molecule has 6 heteroatoms. The van der Waals surface area contributed by atoms with Crippen LogP contribution in [0.15, 0.2) is 0 Å². The first kappa shape index (κ1) is 14.8. The fourth-order valence-electron chi connectivity index (χ4n) is 1.96. The Hall–Kier alpha value is -1.30. The Morgan fingerprint density at radius 3 is 2.33 bits per heavy atom. The molecular weight excluding hydrogens is 236 g/mol. The van der Waals surface area contributed by atoms with Gasteiger partial charge in [-0.3, -0.25) is 4.79 Å². The lowest BCUT2D eigenvalue weighted by atomic mass is 10.0. The molecule has 1 aliphatic rings. The Morgan fingerprint density at radius 1 is 1.33 bits per heavy atom. The number of nitrogens with zero attached hydrogens (tertiary/aromatic N) is 1. The summed E-state index contributed by atoms with van der Waals surface area (Å²) in [5.74, 6) is -0.844. The van der Waals surface area contributed by atoms with Crippen molar-refractivity contribution in [2.75, 3.05) is 13.1 Å². The second-order valence-corrected chi connectivity index (χ2v) is 5.12. The van der Waals surface area contributed by atoms with Crippen molar-refractivity contribution in [3.8, 4) is 0 Å². The number of aliphatic carboxylic acids is 1. The third-order valence-electron chi connectivity index (χ3n) is 3.26. The summed E-state index contributed by atoms with van der Waals surface area (Å²) in [6.45, 7) is 4.80. The van der Waals surface area contributed by atoms with E-state index < -0.39 is 5.97 Å². The number of aliphatic hydroxyl groups excluding tert-OH is 1. The van der Waals surface area contributed by atoms with E-state index in [0.717, 1.165) is 0 Å². The number of aliphatic hydroxyl groups is 1. The Morgan fingerprint density at radius 2 is 1.89 bits per heavy atom. The van der Waals surface area contributed by atoms with Crippen molar-refractivity contribution in [3.63, 3.8) is 0 Å². The maximum absolute atomic E-state index is 11.9. The highest BCUT2D eigenvalue weighted by Gasteiger charge is 2.25. The largest absolute Gasteiger partial charge is 0.481 e. The SMILES string of the molecule is CC(C)C(CC(=O)O)NC(=O)N1CCC(O)CC1. The maximum atomic E-state index is 11.9. The fraction of sp³-hybridized carbons (Fsp3) is 0.833. The number of carbonyl (C=O) groups excluding carboxylic acids is 1. The van der Waals surface area contributed by atoms with Gasteiger partial charge in [-0.1, -0.05) is 13.8 Å². The molecule has 0 aromatic heterocycles. The van der Waals surface area contributed by atoms with Crippen LogP contribution in [0.1, 0.15) is 33.1 Å². The summed E-state index contributed by atoms with van der Waals surface area (Å²) < 4.78 is 0. The van der Waals surface area contributed by atoms with Crippen LogP contribution in [-0.2, 0) is 4.79 Å². The molecule has 1 aliphatic heterocycles. The molecule has 0 aromatic rings. The summed E-state index contributed by atoms with van der Waals surface area (Å²) in [7, 11) is 0. The quantitative estimate of drug-likeness (QED) is 0.690. The number of hydrogen-bond acceptors (Lipinski definition) is 3.